The summed E-state index contributed by atoms with van der Waals surface area (Å²) in [5.41, 5.74) is 3.54. The van der Waals surface area contributed by atoms with Crippen molar-refractivity contribution in [3.05, 3.63) is 59.3 Å². The maximum absolute atomic E-state index is 5.84. The van der Waals surface area contributed by atoms with E-state index >= 15 is 0 Å². The predicted molar refractivity (Wildman–Crippen MR) is 81.7 cm³/mol. The normalized spacial score (nSPS) is 10.5. The van der Waals surface area contributed by atoms with Gasteiger partial charge in [-0.05, 0) is 36.6 Å². The van der Waals surface area contributed by atoms with Gasteiger partial charge in [0.15, 0.2) is 0 Å². The lowest BCUT2D eigenvalue weighted by Gasteiger charge is -2.24. The number of aryl methyl sites for hydroxylation is 1. The van der Waals surface area contributed by atoms with Crippen LogP contribution in [0.25, 0.3) is 0 Å². The molecule has 0 bridgehead atoms. The van der Waals surface area contributed by atoms with E-state index in [0.29, 0.717) is 5.88 Å². The Bertz CT molecular complexity index is 526. The fraction of sp³-hybridized carbons (Fsp3) is 0.312. The number of halogens is 1. The van der Waals surface area contributed by atoms with Gasteiger partial charge < -0.3 is 4.90 Å². The zero-order valence-electron chi connectivity index (χ0n) is 11.4. The minimum Gasteiger partial charge on any atom is -0.352 e. The maximum atomic E-state index is 5.84. The summed E-state index contributed by atoms with van der Waals surface area (Å²) in [7, 11) is 0. The molecule has 19 heavy (non-hydrogen) atoms. The lowest BCUT2D eigenvalue weighted by molar-refractivity contribution is 0.808. The summed E-state index contributed by atoms with van der Waals surface area (Å²) in [6, 6.07) is 12.6. The largest absolute Gasteiger partial charge is 0.352 e. The van der Waals surface area contributed by atoms with E-state index in [2.05, 4.69) is 54.1 Å². The van der Waals surface area contributed by atoms with Crippen LogP contribution in [0.4, 0.5) is 5.82 Å². The molecule has 0 atom stereocenters. The lowest BCUT2D eigenvalue weighted by Crippen LogP contribution is -2.24. The van der Waals surface area contributed by atoms with Gasteiger partial charge in [0.2, 0.25) is 0 Å². The fourth-order valence-electron chi connectivity index (χ4n) is 2.17. The van der Waals surface area contributed by atoms with Crippen molar-refractivity contribution < 1.29 is 0 Å². The minimum atomic E-state index is 0.513. The predicted octanol–water partition coefficient (Wildman–Crippen LogP) is 4.16. The van der Waals surface area contributed by atoms with Gasteiger partial charge in [0.05, 0.1) is 0 Å². The van der Waals surface area contributed by atoms with Crippen LogP contribution in [0.15, 0.2) is 42.6 Å². The molecule has 0 unspecified atom stereocenters. The molecule has 2 rings (SSSR count). The molecule has 0 aliphatic carbocycles. The van der Waals surface area contributed by atoms with Gasteiger partial charge in [-0.2, -0.15) is 0 Å². The van der Waals surface area contributed by atoms with Gasteiger partial charge in [0, 0.05) is 25.2 Å². The van der Waals surface area contributed by atoms with Crippen LogP contribution in [0.5, 0.6) is 0 Å². The molecule has 0 N–H and O–H groups in total. The molecule has 0 saturated carbocycles. The zero-order chi connectivity index (χ0) is 13.7. The summed E-state index contributed by atoms with van der Waals surface area (Å²) in [6.07, 6.45) is 1.86. The SMILES string of the molecule is CCN(Cc1ccccc1)c1ncc(CCl)cc1C. The number of hydrogen-bond acceptors (Lipinski definition) is 2. The highest BCUT2D eigenvalue weighted by atomic mass is 35.5. The zero-order valence-corrected chi connectivity index (χ0v) is 12.2. The van der Waals surface area contributed by atoms with Gasteiger partial charge in [-0.25, -0.2) is 4.98 Å². The molecule has 0 fully saturated rings. The van der Waals surface area contributed by atoms with Gasteiger partial charge in [-0.1, -0.05) is 30.3 Å². The second-order valence-corrected chi connectivity index (χ2v) is 4.88. The van der Waals surface area contributed by atoms with Gasteiger partial charge in [0.1, 0.15) is 5.82 Å². The first-order valence-corrected chi connectivity index (χ1v) is 7.08. The van der Waals surface area contributed by atoms with E-state index in [4.69, 9.17) is 11.6 Å². The van der Waals surface area contributed by atoms with Crippen molar-refractivity contribution in [3.63, 3.8) is 0 Å². The Morgan fingerprint density at radius 3 is 2.47 bits per heavy atom. The van der Waals surface area contributed by atoms with Crippen molar-refractivity contribution in [1.29, 1.82) is 0 Å². The number of rotatable bonds is 5. The van der Waals surface area contributed by atoms with Gasteiger partial charge in [-0.15, -0.1) is 11.6 Å². The van der Waals surface area contributed by atoms with Crippen molar-refractivity contribution in [2.24, 2.45) is 0 Å². The standard InChI is InChI=1S/C16H19ClN2/c1-3-19(12-14-7-5-4-6-8-14)16-13(2)9-15(10-17)11-18-16/h4-9,11H,3,10,12H2,1-2H3. The molecule has 100 valence electrons. The smallest absolute Gasteiger partial charge is 0.131 e. The van der Waals surface area contributed by atoms with E-state index in [1.807, 2.05) is 12.3 Å². The Balaban J connectivity index is 2.22. The maximum Gasteiger partial charge on any atom is 0.131 e. The highest BCUT2D eigenvalue weighted by molar-refractivity contribution is 6.17. The number of pyridine rings is 1. The highest BCUT2D eigenvalue weighted by Gasteiger charge is 2.10. The van der Waals surface area contributed by atoms with E-state index < -0.39 is 0 Å². The monoisotopic (exact) mass is 274 g/mol. The Hall–Kier alpha value is -1.54. The average Bonchev–Trinajstić information content (AvgIpc) is 2.46. The van der Waals surface area contributed by atoms with Crippen molar-refractivity contribution in [2.45, 2.75) is 26.3 Å². The Morgan fingerprint density at radius 1 is 1.16 bits per heavy atom. The van der Waals surface area contributed by atoms with Crippen LogP contribution >= 0.6 is 11.6 Å². The Kier molecular flexibility index (Phi) is 4.80. The molecule has 0 spiro atoms. The molecule has 1 aromatic heterocycles. The van der Waals surface area contributed by atoms with Crippen molar-refractivity contribution in [1.82, 2.24) is 4.98 Å². The molecular formula is C16H19ClN2. The second kappa shape index (κ2) is 6.58. The molecule has 0 aliphatic heterocycles. The summed E-state index contributed by atoms with van der Waals surface area (Å²) >= 11 is 5.84. The molecule has 2 nitrogen and oxygen atoms in total. The fourth-order valence-corrected chi connectivity index (χ4v) is 2.32. The summed E-state index contributed by atoms with van der Waals surface area (Å²) < 4.78 is 0. The molecule has 2 aromatic rings. The number of anilines is 1. The molecule has 0 radical (unpaired) electrons. The van der Waals surface area contributed by atoms with Crippen LogP contribution in [0, 0.1) is 6.92 Å². The molecule has 0 saturated heterocycles. The topological polar surface area (TPSA) is 16.1 Å². The first kappa shape index (κ1) is 13.9. The third-order valence-corrected chi connectivity index (χ3v) is 3.47. The third kappa shape index (κ3) is 3.48. The highest BCUT2D eigenvalue weighted by Crippen LogP contribution is 2.20. The molecule has 1 aromatic carbocycles. The summed E-state index contributed by atoms with van der Waals surface area (Å²) in [5, 5.41) is 0. The number of benzene rings is 1. The Morgan fingerprint density at radius 2 is 1.89 bits per heavy atom. The summed E-state index contributed by atoms with van der Waals surface area (Å²) in [6.45, 7) is 6.06. The summed E-state index contributed by atoms with van der Waals surface area (Å²) in [5.74, 6) is 1.55. The van der Waals surface area contributed by atoms with Gasteiger partial charge >= 0.3 is 0 Å². The van der Waals surface area contributed by atoms with E-state index in [0.717, 1.165) is 24.5 Å². The third-order valence-electron chi connectivity index (χ3n) is 3.16. The van der Waals surface area contributed by atoms with Crippen LogP contribution in [0.3, 0.4) is 0 Å². The number of nitrogens with zero attached hydrogens (tertiary/aromatic N) is 2. The van der Waals surface area contributed by atoms with Crippen molar-refractivity contribution in [2.75, 3.05) is 11.4 Å². The molecule has 0 aliphatic rings. The van der Waals surface area contributed by atoms with Crippen molar-refractivity contribution in [3.8, 4) is 0 Å². The van der Waals surface area contributed by atoms with E-state index in [1.54, 1.807) is 0 Å². The number of alkyl halides is 1. The van der Waals surface area contributed by atoms with Crippen LogP contribution in [-0.2, 0) is 12.4 Å². The van der Waals surface area contributed by atoms with Gasteiger partial charge in [-0.3, -0.25) is 0 Å². The molecule has 1 heterocycles. The Labute approximate surface area is 120 Å². The quantitative estimate of drug-likeness (QED) is 0.761. The first-order chi connectivity index (χ1) is 9.24. The van der Waals surface area contributed by atoms with Crippen molar-refractivity contribution >= 4 is 17.4 Å². The first-order valence-electron chi connectivity index (χ1n) is 6.55. The molecule has 0 amide bonds. The molecule has 3 heteroatoms. The van der Waals surface area contributed by atoms with Gasteiger partial charge in [0.25, 0.3) is 0 Å². The van der Waals surface area contributed by atoms with Crippen LogP contribution in [0.1, 0.15) is 23.6 Å². The number of hydrogen-bond donors (Lipinski definition) is 0. The lowest BCUT2D eigenvalue weighted by atomic mass is 10.1. The van der Waals surface area contributed by atoms with Crippen LogP contribution in [0.2, 0.25) is 0 Å². The minimum absolute atomic E-state index is 0.513. The van der Waals surface area contributed by atoms with E-state index in [9.17, 15) is 0 Å². The van der Waals surface area contributed by atoms with Crippen LogP contribution in [-0.4, -0.2) is 11.5 Å². The van der Waals surface area contributed by atoms with E-state index in [1.165, 1.54) is 11.1 Å². The number of aromatic nitrogens is 1. The average molecular weight is 275 g/mol. The van der Waals surface area contributed by atoms with E-state index in [-0.39, 0.29) is 0 Å². The van der Waals surface area contributed by atoms with Crippen LogP contribution < -0.4 is 4.90 Å². The molecular weight excluding hydrogens is 256 g/mol. The summed E-state index contributed by atoms with van der Waals surface area (Å²) in [4.78, 5) is 6.84. The second-order valence-electron chi connectivity index (χ2n) is 4.62.